The first-order valence-corrected chi connectivity index (χ1v) is 8.06. The van der Waals surface area contributed by atoms with Crippen LogP contribution in [0.3, 0.4) is 0 Å². The third kappa shape index (κ3) is 3.47. The van der Waals surface area contributed by atoms with E-state index in [2.05, 4.69) is 38.2 Å². The molecule has 5 nitrogen and oxygen atoms in total. The van der Waals surface area contributed by atoms with E-state index in [0.717, 1.165) is 49.6 Å². The Morgan fingerprint density at radius 2 is 2.32 bits per heavy atom. The van der Waals surface area contributed by atoms with Crippen LogP contribution >= 0.6 is 11.6 Å². The Bertz CT molecular complexity index is 633. The van der Waals surface area contributed by atoms with Gasteiger partial charge < -0.3 is 10.2 Å². The van der Waals surface area contributed by atoms with E-state index in [0.29, 0.717) is 11.1 Å². The summed E-state index contributed by atoms with van der Waals surface area (Å²) in [5.41, 5.74) is 2.03. The molecule has 22 heavy (non-hydrogen) atoms. The predicted molar refractivity (Wildman–Crippen MR) is 89.5 cm³/mol. The van der Waals surface area contributed by atoms with Crippen LogP contribution in [0, 0.1) is 0 Å². The maximum absolute atomic E-state index is 6.18. The Morgan fingerprint density at radius 3 is 3.14 bits per heavy atom. The smallest absolute Gasteiger partial charge is 0.132 e. The minimum absolute atomic E-state index is 0.355. The third-order valence-corrected chi connectivity index (χ3v) is 4.25. The monoisotopic (exact) mass is 317 g/mol. The molecule has 1 N–H and O–H groups in total. The summed E-state index contributed by atoms with van der Waals surface area (Å²) < 4.78 is 0. The van der Waals surface area contributed by atoms with E-state index in [1.807, 2.05) is 6.07 Å². The summed E-state index contributed by atoms with van der Waals surface area (Å²) >= 11 is 6.18. The van der Waals surface area contributed by atoms with Gasteiger partial charge in [-0.2, -0.15) is 0 Å². The Kier molecular flexibility index (Phi) is 4.73. The fourth-order valence-corrected chi connectivity index (χ4v) is 2.94. The fourth-order valence-electron chi connectivity index (χ4n) is 2.77. The molecule has 3 heterocycles. The number of aromatic nitrogens is 3. The number of hydrogen-bond donors (Lipinski definition) is 1. The van der Waals surface area contributed by atoms with Crippen LogP contribution in [0.4, 0.5) is 11.5 Å². The SMILES string of the molecule is CCc1cc(N2CCCC(Nc3ccncc3Cl)C2)ncn1. The first-order chi connectivity index (χ1) is 10.8. The lowest BCUT2D eigenvalue weighted by molar-refractivity contribution is 0.526. The van der Waals surface area contributed by atoms with Crippen LogP contribution in [0.25, 0.3) is 0 Å². The third-order valence-electron chi connectivity index (χ3n) is 3.95. The fraction of sp³-hybridized carbons (Fsp3) is 0.438. The summed E-state index contributed by atoms with van der Waals surface area (Å²) in [5.74, 6) is 1.01. The Labute approximate surface area is 135 Å². The van der Waals surface area contributed by atoms with Gasteiger partial charge in [-0.25, -0.2) is 9.97 Å². The normalized spacial score (nSPS) is 18.3. The maximum Gasteiger partial charge on any atom is 0.132 e. The van der Waals surface area contributed by atoms with Gasteiger partial charge in [0.2, 0.25) is 0 Å². The van der Waals surface area contributed by atoms with Gasteiger partial charge in [0.25, 0.3) is 0 Å². The summed E-state index contributed by atoms with van der Waals surface area (Å²) in [6.45, 7) is 4.05. The lowest BCUT2D eigenvalue weighted by atomic mass is 10.1. The van der Waals surface area contributed by atoms with Crippen LogP contribution in [0.5, 0.6) is 0 Å². The second kappa shape index (κ2) is 6.92. The zero-order chi connectivity index (χ0) is 15.4. The van der Waals surface area contributed by atoms with E-state index in [9.17, 15) is 0 Å². The van der Waals surface area contributed by atoms with Crippen LogP contribution < -0.4 is 10.2 Å². The highest BCUT2D eigenvalue weighted by Crippen LogP contribution is 2.24. The second-order valence-corrected chi connectivity index (χ2v) is 5.91. The average molecular weight is 318 g/mol. The van der Waals surface area contributed by atoms with Gasteiger partial charge in [-0.1, -0.05) is 18.5 Å². The topological polar surface area (TPSA) is 53.9 Å². The standard InChI is InChI=1S/C16H20ClN5/c1-2-12-8-16(20-11-19-12)22-7-3-4-13(10-22)21-15-5-6-18-9-14(15)17/h5-6,8-9,11,13H,2-4,7,10H2,1H3,(H,18,21). The van der Waals surface area contributed by atoms with Gasteiger partial charge in [0, 0.05) is 43.3 Å². The Hall–Kier alpha value is -1.88. The molecule has 1 unspecified atom stereocenters. The number of nitrogens with one attached hydrogen (secondary N) is 1. The molecule has 0 saturated carbocycles. The Balaban J connectivity index is 1.70. The minimum Gasteiger partial charge on any atom is -0.379 e. The second-order valence-electron chi connectivity index (χ2n) is 5.51. The van der Waals surface area contributed by atoms with Gasteiger partial charge in [0.05, 0.1) is 10.7 Å². The van der Waals surface area contributed by atoms with Crippen molar-refractivity contribution >= 4 is 23.1 Å². The van der Waals surface area contributed by atoms with E-state index in [-0.39, 0.29) is 0 Å². The lowest BCUT2D eigenvalue weighted by Crippen LogP contribution is -2.42. The van der Waals surface area contributed by atoms with E-state index in [4.69, 9.17) is 11.6 Å². The van der Waals surface area contributed by atoms with Gasteiger partial charge in [-0.05, 0) is 25.3 Å². The minimum atomic E-state index is 0.355. The predicted octanol–water partition coefficient (Wildman–Crippen LogP) is 3.17. The number of halogens is 1. The molecule has 0 aromatic carbocycles. The molecule has 116 valence electrons. The van der Waals surface area contributed by atoms with Gasteiger partial charge in [0.1, 0.15) is 12.1 Å². The van der Waals surface area contributed by atoms with Crippen molar-refractivity contribution < 1.29 is 0 Å². The molecule has 2 aromatic heterocycles. The molecule has 1 saturated heterocycles. The molecule has 3 rings (SSSR count). The molecule has 1 aliphatic heterocycles. The van der Waals surface area contributed by atoms with E-state index >= 15 is 0 Å². The van der Waals surface area contributed by atoms with Crippen LogP contribution in [0.1, 0.15) is 25.5 Å². The highest BCUT2D eigenvalue weighted by Gasteiger charge is 2.21. The molecule has 1 aliphatic rings. The molecule has 2 aromatic rings. The van der Waals surface area contributed by atoms with Gasteiger partial charge in [0.15, 0.2) is 0 Å². The van der Waals surface area contributed by atoms with Crippen molar-refractivity contribution in [2.45, 2.75) is 32.2 Å². The molecular formula is C16H20ClN5. The van der Waals surface area contributed by atoms with Gasteiger partial charge in [-0.15, -0.1) is 0 Å². The number of aryl methyl sites for hydroxylation is 1. The van der Waals surface area contributed by atoms with Crippen molar-refractivity contribution in [2.75, 3.05) is 23.3 Å². The van der Waals surface area contributed by atoms with Crippen molar-refractivity contribution in [2.24, 2.45) is 0 Å². The number of pyridine rings is 1. The summed E-state index contributed by atoms with van der Waals surface area (Å²) in [5, 5.41) is 4.18. The largest absolute Gasteiger partial charge is 0.379 e. The summed E-state index contributed by atoms with van der Waals surface area (Å²) in [6, 6.07) is 4.36. The number of nitrogens with zero attached hydrogens (tertiary/aromatic N) is 4. The zero-order valence-corrected chi connectivity index (χ0v) is 13.4. The number of hydrogen-bond acceptors (Lipinski definition) is 5. The van der Waals surface area contributed by atoms with Crippen LogP contribution in [0.15, 0.2) is 30.9 Å². The van der Waals surface area contributed by atoms with E-state index < -0.39 is 0 Å². The first-order valence-electron chi connectivity index (χ1n) is 7.68. The molecular weight excluding hydrogens is 298 g/mol. The Morgan fingerprint density at radius 1 is 1.41 bits per heavy atom. The number of piperidine rings is 1. The molecule has 1 fully saturated rings. The van der Waals surface area contributed by atoms with Crippen molar-refractivity contribution in [1.29, 1.82) is 0 Å². The molecule has 0 bridgehead atoms. The first kappa shape index (κ1) is 15.0. The van der Waals surface area contributed by atoms with Crippen molar-refractivity contribution in [3.63, 3.8) is 0 Å². The van der Waals surface area contributed by atoms with E-state index in [1.54, 1.807) is 18.7 Å². The average Bonchev–Trinajstić information content (AvgIpc) is 2.57. The van der Waals surface area contributed by atoms with Crippen molar-refractivity contribution in [3.05, 3.63) is 41.6 Å². The summed E-state index contributed by atoms with van der Waals surface area (Å²) in [4.78, 5) is 15.0. The van der Waals surface area contributed by atoms with Gasteiger partial charge in [-0.3, -0.25) is 4.98 Å². The summed E-state index contributed by atoms with van der Waals surface area (Å²) in [6.07, 6.45) is 8.27. The van der Waals surface area contributed by atoms with E-state index in [1.165, 1.54) is 0 Å². The van der Waals surface area contributed by atoms with Crippen molar-refractivity contribution in [3.8, 4) is 0 Å². The number of rotatable bonds is 4. The quantitative estimate of drug-likeness (QED) is 0.938. The highest BCUT2D eigenvalue weighted by molar-refractivity contribution is 6.33. The zero-order valence-electron chi connectivity index (χ0n) is 12.7. The molecule has 6 heteroatoms. The molecule has 0 amide bonds. The lowest BCUT2D eigenvalue weighted by Gasteiger charge is -2.34. The maximum atomic E-state index is 6.18. The molecule has 0 aliphatic carbocycles. The molecule has 0 spiro atoms. The van der Waals surface area contributed by atoms with Crippen molar-refractivity contribution in [1.82, 2.24) is 15.0 Å². The van der Waals surface area contributed by atoms with Crippen LogP contribution in [0.2, 0.25) is 5.02 Å². The molecule has 1 atom stereocenters. The highest BCUT2D eigenvalue weighted by atomic mass is 35.5. The van der Waals surface area contributed by atoms with Crippen LogP contribution in [-0.2, 0) is 6.42 Å². The van der Waals surface area contributed by atoms with Gasteiger partial charge >= 0.3 is 0 Å². The van der Waals surface area contributed by atoms with Crippen LogP contribution in [-0.4, -0.2) is 34.1 Å². The summed E-state index contributed by atoms with van der Waals surface area (Å²) in [7, 11) is 0. The molecule has 0 radical (unpaired) electrons. The number of anilines is 2.